The Morgan fingerprint density at radius 2 is 1.37 bits per heavy atom. The number of carbonyl (C=O) groups excluding carboxylic acids is 2. The van der Waals surface area contributed by atoms with Gasteiger partial charge in [-0.1, -0.05) is 26.7 Å². The van der Waals surface area contributed by atoms with E-state index in [2.05, 4.69) is 13.8 Å². The Hall–Kier alpha value is -1.46. The molecular formula is C21H36O6. The first-order valence-corrected chi connectivity index (χ1v) is 10.7. The molecule has 0 N–H and O–H groups in total. The van der Waals surface area contributed by atoms with Gasteiger partial charge in [-0.2, -0.15) is 0 Å². The van der Waals surface area contributed by atoms with Crippen molar-refractivity contribution in [1.29, 1.82) is 0 Å². The average molecular weight is 385 g/mol. The summed E-state index contributed by atoms with van der Waals surface area (Å²) < 4.78 is 21.4. The Bertz CT molecular complexity index is 444. The Kier molecular flexibility index (Phi) is 9.78. The van der Waals surface area contributed by atoms with Crippen molar-refractivity contribution in [2.24, 2.45) is 5.92 Å². The van der Waals surface area contributed by atoms with E-state index in [0.717, 1.165) is 64.2 Å². The summed E-state index contributed by atoms with van der Waals surface area (Å²) in [6.07, 6.45) is 9.54. The van der Waals surface area contributed by atoms with Crippen molar-refractivity contribution in [3.05, 3.63) is 0 Å². The summed E-state index contributed by atoms with van der Waals surface area (Å²) in [4.78, 5) is 23.8. The van der Waals surface area contributed by atoms with Gasteiger partial charge in [0.15, 0.2) is 0 Å². The highest BCUT2D eigenvalue weighted by atomic mass is 16.7. The normalized spacial score (nSPS) is 23.7. The lowest BCUT2D eigenvalue weighted by atomic mass is 9.95. The molecule has 0 heterocycles. The molecule has 2 saturated carbocycles. The second-order valence-electron chi connectivity index (χ2n) is 8.26. The molecule has 2 aliphatic rings. The van der Waals surface area contributed by atoms with Crippen LogP contribution in [-0.2, 0) is 18.9 Å². The average Bonchev–Trinajstić information content (AvgIpc) is 2.62. The fraction of sp³-hybridized carbons (Fsp3) is 0.905. The predicted molar refractivity (Wildman–Crippen MR) is 102 cm³/mol. The van der Waals surface area contributed by atoms with Gasteiger partial charge in [0.25, 0.3) is 0 Å². The standard InChI is InChI=1S/C21H36O6/c1-16(2)9-6-7-14-24-20(22)26-18-12-8-13-19(15-18)27-21(23)25-17-10-4-3-5-11-17/h16-19H,3-15H2,1-2H3. The lowest BCUT2D eigenvalue weighted by molar-refractivity contribution is -0.0467. The van der Waals surface area contributed by atoms with Crippen molar-refractivity contribution in [3.8, 4) is 0 Å². The summed E-state index contributed by atoms with van der Waals surface area (Å²) >= 11 is 0. The molecule has 0 aromatic carbocycles. The van der Waals surface area contributed by atoms with E-state index in [1.54, 1.807) is 0 Å². The second kappa shape index (κ2) is 12.1. The van der Waals surface area contributed by atoms with Gasteiger partial charge in [-0.05, 0) is 63.7 Å². The van der Waals surface area contributed by atoms with Crippen molar-refractivity contribution in [1.82, 2.24) is 0 Å². The van der Waals surface area contributed by atoms with Crippen LogP contribution in [0.3, 0.4) is 0 Å². The molecule has 0 saturated heterocycles. The van der Waals surface area contributed by atoms with Gasteiger partial charge in [0.1, 0.15) is 18.3 Å². The topological polar surface area (TPSA) is 71.1 Å². The zero-order chi connectivity index (χ0) is 19.5. The molecule has 2 unspecified atom stereocenters. The third-order valence-electron chi connectivity index (χ3n) is 5.31. The zero-order valence-electron chi connectivity index (χ0n) is 17.0. The summed E-state index contributed by atoms with van der Waals surface area (Å²) in [6.45, 7) is 4.76. The van der Waals surface area contributed by atoms with E-state index in [0.29, 0.717) is 18.9 Å². The maximum Gasteiger partial charge on any atom is 0.508 e. The lowest BCUT2D eigenvalue weighted by Crippen LogP contribution is -2.33. The number of hydrogen-bond donors (Lipinski definition) is 0. The quantitative estimate of drug-likeness (QED) is 0.391. The fourth-order valence-electron chi connectivity index (χ4n) is 3.78. The summed E-state index contributed by atoms with van der Waals surface area (Å²) in [5.74, 6) is 0.668. The van der Waals surface area contributed by atoms with Crippen LogP contribution in [-0.4, -0.2) is 37.2 Å². The van der Waals surface area contributed by atoms with E-state index in [4.69, 9.17) is 18.9 Å². The minimum atomic E-state index is -0.616. The minimum Gasteiger partial charge on any atom is -0.434 e. The molecule has 2 fully saturated rings. The zero-order valence-corrected chi connectivity index (χ0v) is 17.0. The van der Waals surface area contributed by atoms with Gasteiger partial charge in [-0.3, -0.25) is 0 Å². The molecule has 2 aliphatic carbocycles. The van der Waals surface area contributed by atoms with Crippen molar-refractivity contribution < 1.29 is 28.5 Å². The molecule has 0 amide bonds. The number of unbranched alkanes of at least 4 members (excludes halogenated alkanes) is 1. The number of carbonyl (C=O) groups is 2. The Morgan fingerprint density at radius 3 is 2.04 bits per heavy atom. The maximum atomic E-state index is 12.0. The first-order chi connectivity index (χ1) is 13.0. The van der Waals surface area contributed by atoms with E-state index < -0.39 is 12.3 Å². The molecule has 0 aromatic rings. The van der Waals surface area contributed by atoms with Crippen molar-refractivity contribution in [3.63, 3.8) is 0 Å². The van der Waals surface area contributed by atoms with E-state index in [9.17, 15) is 9.59 Å². The highest BCUT2D eigenvalue weighted by Gasteiger charge is 2.29. The lowest BCUT2D eigenvalue weighted by Gasteiger charge is -2.29. The van der Waals surface area contributed by atoms with Crippen LogP contribution >= 0.6 is 0 Å². The molecule has 6 nitrogen and oxygen atoms in total. The van der Waals surface area contributed by atoms with E-state index in [1.165, 1.54) is 6.42 Å². The van der Waals surface area contributed by atoms with Crippen LogP contribution in [0.4, 0.5) is 9.59 Å². The van der Waals surface area contributed by atoms with Crippen molar-refractivity contribution in [2.75, 3.05) is 6.61 Å². The molecular weight excluding hydrogens is 348 g/mol. The second-order valence-corrected chi connectivity index (χ2v) is 8.26. The van der Waals surface area contributed by atoms with Gasteiger partial charge in [0.2, 0.25) is 0 Å². The smallest absolute Gasteiger partial charge is 0.434 e. The van der Waals surface area contributed by atoms with Crippen LogP contribution < -0.4 is 0 Å². The molecule has 0 aliphatic heterocycles. The van der Waals surface area contributed by atoms with Gasteiger partial charge in [-0.25, -0.2) is 9.59 Å². The number of hydrogen-bond acceptors (Lipinski definition) is 6. The third kappa shape index (κ3) is 9.34. The summed E-state index contributed by atoms with van der Waals surface area (Å²) in [6, 6.07) is 0. The monoisotopic (exact) mass is 384 g/mol. The molecule has 27 heavy (non-hydrogen) atoms. The Labute approximate surface area is 163 Å². The Balaban J connectivity index is 1.60. The van der Waals surface area contributed by atoms with E-state index >= 15 is 0 Å². The molecule has 0 radical (unpaired) electrons. The number of rotatable bonds is 8. The molecule has 0 aromatic heterocycles. The molecule has 6 heteroatoms. The van der Waals surface area contributed by atoms with E-state index in [1.807, 2.05) is 0 Å². The van der Waals surface area contributed by atoms with Crippen LogP contribution in [0.1, 0.15) is 90.9 Å². The molecule has 2 rings (SSSR count). The summed E-state index contributed by atoms with van der Waals surface area (Å²) in [5, 5.41) is 0. The van der Waals surface area contributed by atoms with E-state index in [-0.39, 0.29) is 18.3 Å². The largest absolute Gasteiger partial charge is 0.508 e. The number of ether oxygens (including phenoxy) is 4. The van der Waals surface area contributed by atoms with Gasteiger partial charge in [0.05, 0.1) is 6.61 Å². The van der Waals surface area contributed by atoms with Crippen LogP contribution in [0.2, 0.25) is 0 Å². The molecule has 0 spiro atoms. The molecule has 156 valence electrons. The molecule has 2 atom stereocenters. The van der Waals surface area contributed by atoms with Crippen LogP contribution in [0.25, 0.3) is 0 Å². The van der Waals surface area contributed by atoms with Gasteiger partial charge >= 0.3 is 12.3 Å². The van der Waals surface area contributed by atoms with Gasteiger partial charge < -0.3 is 18.9 Å². The minimum absolute atomic E-state index is 0.00689. The highest BCUT2D eigenvalue weighted by molar-refractivity contribution is 5.61. The van der Waals surface area contributed by atoms with Crippen LogP contribution in [0.15, 0.2) is 0 Å². The third-order valence-corrected chi connectivity index (χ3v) is 5.31. The van der Waals surface area contributed by atoms with Crippen molar-refractivity contribution in [2.45, 2.75) is 109 Å². The highest BCUT2D eigenvalue weighted by Crippen LogP contribution is 2.26. The van der Waals surface area contributed by atoms with Gasteiger partial charge in [0, 0.05) is 6.42 Å². The molecule has 0 bridgehead atoms. The summed E-state index contributed by atoms with van der Waals surface area (Å²) in [7, 11) is 0. The first kappa shape index (κ1) is 21.8. The first-order valence-electron chi connectivity index (χ1n) is 10.7. The fourth-order valence-corrected chi connectivity index (χ4v) is 3.78. The SMILES string of the molecule is CC(C)CCCCOC(=O)OC1CCCC(OC(=O)OC2CCCCC2)C1. The van der Waals surface area contributed by atoms with Crippen molar-refractivity contribution >= 4 is 12.3 Å². The Morgan fingerprint density at radius 1 is 0.778 bits per heavy atom. The predicted octanol–water partition coefficient (Wildman–Crippen LogP) is 5.76. The van der Waals surface area contributed by atoms with Crippen LogP contribution in [0.5, 0.6) is 0 Å². The van der Waals surface area contributed by atoms with Crippen LogP contribution in [0, 0.1) is 5.92 Å². The summed E-state index contributed by atoms with van der Waals surface area (Å²) in [5.41, 5.74) is 0. The van der Waals surface area contributed by atoms with Gasteiger partial charge in [-0.15, -0.1) is 0 Å². The maximum absolute atomic E-state index is 12.0.